The second-order valence-electron chi connectivity index (χ2n) is 9.32. The van der Waals surface area contributed by atoms with Gasteiger partial charge in [-0.05, 0) is 86.5 Å². The fourth-order valence-corrected chi connectivity index (χ4v) is 7.18. The van der Waals surface area contributed by atoms with Crippen LogP contribution in [0.5, 0.6) is 0 Å². The summed E-state index contributed by atoms with van der Waals surface area (Å²) in [5, 5.41) is 22.6. The van der Waals surface area contributed by atoms with E-state index in [1.54, 1.807) is 0 Å². The van der Waals surface area contributed by atoms with Gasteiger partial charge in [-0.3, -0.25) is 20.2 Å². The fourth-order valence-electron chi connectivity index (χ4n) is 6.22. The molecule has 0 spiro atoms. The van der Waals surface area contributed by atoms with Gasteiger partial charge < -0.3 is 4.74 Å². The van der Waals surface area contributed by atoms with E-state index in [0.717, 1.165) is 34.1 Å². The van der Waals surface area contributed by atoms with Crippen molar-refractivity contribution in [2.45, 2.75) is 48.8 Å². The maximum absolute atomic E-state index is 11.5. The standard InChI is InChI=1S/C25H26N2O5S/c1-2-32-25(24-18-9-15-8-16(11-18)12-19(24)10-15)17-4-3-5-21(13-17)33-23-7-6-20(26(28)29)14-22(23)27(30)31/h3-7,13-16,18-19H,2,8-12H2,1H3. The number of non-ortho nitro benzene ring substituents is 1. The number of hydrogen-bond donors (Lipinski definition) is 0. The van der Waals surface area contributed by atoms with Crippen LogP contribution in [0.1, 0.15) is 44.6 Å². The lowest BCUT2D eigenvalue weighted by Gasteiger charge is -2.51. The molecule has 6 rings (SSSR count). The van der Waals surface area contributed by atoms with E-state index in [0.29, 0.717) is 23.3 Å². The van der Waals surface area contributed by atoms with Gasteiger partial charge in [-0.25, -0.2) is 0 Å². The van der Waals surface area contributed by atoms with Crippen LogP contribution in [0.25, 0.3) is 5.76 Å². The Morgan fingerprint density at radius 3 is 2.27 bits per heavy atom. The summed E-state index contributed by atoms with van der Waals surface area (Å²) in [6, 6.07) is 11.7. The summed E-state index contributed by atoms with van der Waals surface area (Å²) < 4.78 is 6.25. The SMILES string of the molecule is CCOC(=C1C2CC3CC(C2)CC1C3)c1cccc(Sc2ccc([N+](=O)[O-])cc2[N+](=O)[O-])c1. The van der Waals surface area contributed by atoms with Crippen LogP contribution in [0, 0.1) is 43.9 Å². The van der Waals surface area contributed by atoms with Crippen molar-refractivity contribution < 1.29 is 14.6 Å². The molecular formula is C25H26N2O5S. The number of rotatable bonds is 7. The molecule has 0 saturated heterocycles. The third-order valence-corrected chi connectivity index (χ3v) is 8.30. The monoisotopic (exact) mass is 466 g/mol. The summed E-state index contributed by atoms with van der Waals surface area (Å²) in [6.07, 6.45) is 6.46. The first-order valence-corrected chi connectivity index (χ1v) is 12.3. The van der Waals surface area contributed by atoms with Crippen LogP contribution in [0.4, 0.5) is 11.4 Å². The lowest BCUT2D eigenvalue weighted by molar-refractivity contribution is -0.396. The molecule has 0 atom stereocenters. The molecule has 0 heterocycles. The first-order chi connectivity index (χ1) is 15.9. The third-order valence-electron chi connectivity index (χ3n) is 7.24. The van der Waals surface area contributed by atoms with Crippen LogP contribution in [0.3, 0.4) is 0 Å². The zero-order chi connectivity index (χ0) is 23.1. The van der Waals surface area contributed by atoms with Crippen molar-refractivity contribution >= 4 is 28.9 Å². The van der Waals surface area contributed by atoms with Gasteiger partial charge in [0, 0.05) is 16.5 Å². The van der Waals surface area contributed by atoms with Crippen molar-refractivity contribution in [1.82, 2.24) is 0 Å². The van der Waals surface area contributed by atoms with E-state index in [1.165, 1.54) is 61.6 Å². The summed E-state index contributed by atoms with van der Waals surface area (Å²) in [5.74, 6) is 3.93. The number of allylic oxidation sites excluding steroid dienone is 1. The van der Waals surface area contributed by atoms with E-state index >= 15 is 0 Å². The topological polar surface area (TPSA) is 95.5 Å². The summed E-state index contributed by atoms with van der Waals surface area (Å²) in [5.41, 5.74) is 1.94. The van der Waals surface area contributed by atoms with Gasteiger partial charge in [0.05, 0.1) is 27.4 Å². The second kappa shape index (κ2) is 8.82. The van der Waals surface area contributed by atoms with E-state index in [-0.39, 0.29) is 11.4 Å². The van der Waals surface area contributed by atoms with Crippen molar-refractivity contribution in [3.63, 3.8) is 0 Å². The zero-order valence-corrected chi connectivity index (χ0v) is 19.3. The van der Waals surface area contributed by atoms with Gasteiger partial charge in [0.25, 0.3) is 11.4 Å². The molecule has 0 unspecified atom stereocenters. The molecule has 172 valence electrons. The Hall–Kier alpha value is -2.87. The minimum atomic E-state index is -0.617. The molecule has 33 heavy (non-hydrogen) atoms. The number of ether oxygens (including phenoxy) is 1. The van der Waals surface area contributed by atoms with Crippen LogP contribution >= 0.6 is 11.8 Å². The Balaban J connectivity index is 1.49. The first-order valence-electron chi connectivity index (χ1n) is 11.5. The fraction of sp³-hybridized carbons (Fsp3) is 0.440. The lowest BCUT2D eigenvalue weighted by Crippen LogP contribution is -2.41. The minimum absolute atomic E-state index is 0.260. The number of benzene rings is 2. The van der Waals surface area contributed by atoms with Gasteiger partial charge >= 0.3 is 0 Å². The van der Waals surface area contributed by atoms with Crippen LogP contribution in [0.15, 0.2) is 57.8 Å². The summed E-state index contributed by atoms with van der Waals surface area (Å²) in [6.45, 7) is 2.60. The first kappa shape index (κ1) is 21.9. The molecule has 4 fully saturated rings. The van der Waals surface area contributed by atoms with Crippen LogP contribution in [0.2, 0.25) is 0 Å². The quantitative estimate of drug-likeness (QED) is 0.251. The molecule has 8 heteroatoms. The van der Waals surface area contributed by atoms with Gasteiger partial charge in [0.1, 0.15) is 5.76 Å². The van der Waals surface area contributed by atoms with E-state index in [2.05, 4.69) is 6.07 Å². The Labute approximate surface area is 196 Å². The number of nitro benzene ring substituents is 2. The molecule has 4 saturated carbocycles. The number of nitrogens with zero attached hydrogens (tertiary/aromatic N) is 2. The maximum Gasteiger partial charge on any atom is 0.290 e. The van der Waals surface area contributed by atoms with Crippen molar-refractivity contribution in [2.24, 2.45) is 23.7 Å². The highest BCUT2D eigenvalue weighted by molar-refractivity contribution is 7.99. The molecule has 2 aromatic carbocycles. The smallest absolute Gasteiger partial charge is 0.290 e. The molecular weight excluding hydrogens is 440 g/mol. The van der Waals surface area contributed by atoms with Crippen LogP contribution in [-0.4, -0.2) is 16.5 Å². The van der Waals surface area contributed by atoms with E-state index < -0.39 is 9.85 Å². The molecule has 4 bridgehead atoms. The predicted molar refractivity (Wildman–Crippen MR) is 126 cm³/mol. The van der Waals surface area contributed by atoms with Crippen molar-refractivity contribution in [3.05, 3.63) is 73.8 Å². The minimum Gasteiger partial charge on any atom is -0.493 e. The Morgan fingerprint density at radius 1 is 0.970 bits per heavy atom. The normalized spacial score (nSPS) is 25.2. The highest BCUT2D eigenvalue weighted by Gasteiger charge is 2.46. The summed E-state index contributed by atoms with van der Waals surface area (Å²) in [4.78, 5) is 22.6. The Bertz CT molecular complexity index is 1120. The molecule has 0 N–H and O–H groups in total. The van der Waals surface area contributed by atoms with Gasteiger partial charge in [0.2, 0.25) is 0 Å². The zero-order valence-electron chi connectivity index (χ0n) is 18.4. The molecule has 0 amide bonds. The average Bonchev–Trinajstić information content (AvgIpc) is 2.78. The highest BCUT2D eigenvalue weighted by Crippen LogP contribution is 2.58. The Morgan fingerprint density at radius 2 is 1.67 bits per heavy atom. The second-order valence-corrected chi connectivity index (χ2v) is 10.4. The number of hydrogen-bond acceptors (Lipinski definition) is 6. The van der Waals surface area contributed by atoms with E-state index in [9.17, 15) is 20.2 Å². The highest BCUT2D eigenvalue weighted by atomic mass is 32.2. The number of nitro groups is 2. The van der Waals surface area contributed by atoms with Gasteiger partial charge in [-0.2, -0.15) is 0 Å². The maximum atomic E-state index is 11.5. The van der Waals surface area contributed by atoms with E-state index in [4.69, 9.17) is 4.74 Å². The molecule has 7 nitrogen and oxygen atoms in total. The van der Waals surface area contributed by atoms with Gasteiger partial charge in [-0.15, -0.1) is 0 Å². The average molecular weight is 467 g/mol. The van der Waals surface area contributed by atoms with Gasteiger partial charge in [0.15, 0.2) is 0 Å². The molecule has 0 radical (unpaired) electrons. The van der Waals surface area contributed by atoms with Crippen LogP contribution < -0.4 is 0 Å². The molecule has 0 aliphatic heterocycles. The largest absolute Gasteiger partial charge is 0.493 e. The van der Waals surface area contributed by atoms with Crippen LogP contribution in [-0.2, 0) is 4.74 Å². The van der Waals surface area contributed by atoms with Gasteiger partial charge in [-0.1, -0.05) is 23.9 Å². The van der Waals surface area contributed by atoms with Crippen molar-refractivity contribution in [1.29, 1.82) is 0 Å². The predicted octanol–water partition coefficient (Wildman–Crippen LogP) is 6.86. The molecule has 2 aromatic rings. The van der Waals surface area contributed by atoms with E-state index in [1.807, 2.05) is 25.1 Å². The summed E-state index contributed by atoms with van der Waals surface area (Å²) in [7, 11) is 0. The third kappa shape index (κ3) is 4.24. The van der Waals surface area contributed by atoms with Crippen molar-refractivity contribution in [2.75, 3.05) is 6.61 Å². The molecule has 4 aliphatic carbocycles. The molecule has 0 aromatic heterocycles. The van der Waals surface area contributed by atoms with Crippen molar-refractivity contribution in [3.8, 4) is 0 Å². The summed E-state index contributed by atoms with van der Waals surface area (Å²) >= 11 is 1.25. The molecule has 4 aliphatic rings. The lowest BCUT2D eigenvalue weighted by atomic mass is 9.54. The Kier molecular flexibility index (Phi) is 5.86.